The predicted molar refractivity (Wildman–Crippen MR) is 50.6 cm³/mol. The highest BCUT2D eigenvalue weighted by atomic mass is 31.1. The molecule has 9 heteroatoms. The molecule has 0 amide bonds. The Balaban J connectivity index is 2.42. The van der Waals surface area contributed by atoms with Crippen molar-refractivity contribution in [3.8, 4) is 0 Å². The fourth-order valence-corrected chi connectivity index (χ4v) is 1.58. The van der Waals surface area contributed by atoms with Crippen LogP contribution < -0.4 is 0 Å². The summed E-state index contributed by atoms with van der Waals surface area (Å²) in [5, 5.41) is 16.9. The minimum atomic E-state index is -3.11. The van der Waals surface area contributed by atoms with Crippen molar-refractivity contribution in [2.45, 2.75) is 6.42 Å². The number of carboxylic acids is 1. The van der Waals surface area contributed by atoms with Gasteiger partial charge in [-0.3, -0.25) is 14.8 Å². The highest BCUT2D eigenvalue weighted by Gasteiger charge is 2.27. The van der Waals surface area contributed by atoms with Crippen LogP contribution in [0, 0.1) is 5.41 Å². The lowest BCUT2D eigenvalue weighted by atomic mass is 10.4. The first-order valence-corrected chi connectivity index (χ1v) is 5.51. The van der Waals surface area contributed by atoms with Gasteiger partial charge in [-0.25, -0.2) is 5.06 Å². The topological polar surface area (TPSA) is 114 Å². The third kappa shape index (κ3) is 3.50. The molecule has 1 aliphatic heterocycles. The average molecular weight is 237 g/mol. The molecule has 1 rings (SSSR count). The number of aliphatic carboxylic acids is 1. The lowest BCUT2D eigenvalue weighted by molar-refractivity contribution is -0.137. The van der Waals surface area contributed by atoms with Crippen LogP contribution in [0.2, 0.25) is 0 Å². The number of guanidine groups is 1. The van der Waals surface area contributed by atoms with Crippen LogP contribution in [0.25, 0.3) is 0 Å². The van der Waals surface area contributed by atoms with Gasteiger partial charge in [-0.05, 0) is 0 Å². The van der Waals surface area contributed by atoms with Crippen molar-refractivity contribution in [1.82, 2.24) is 9.96 Å². The molecule has 0 aliphatic carbocycles. The highest BCUT2D eigenvalue weighted by Crippen LogP contribution is 2.21. The van der Waals surface area contributed by atoms with E-state index in [-0.39, 0.29) is 25.5 Å². The second kappa shape index (κ2) is 5.11. The third-order valence-electron chi connectivity index (χ3n) is 1.89. The zero-order valence-electron chi connectivity index (χ0n) is 7.84. The number of hydrogen-bond acceptors (Lipinski definition) is 4. The fourth-order valence-electron chi connectivity index (χ4n) is 1.21. The number of nitrogens with zero attached hydrogens (tertiary/aromatic N) is 2. The molecule has 0 aromatic carbocycles. The molecule has 3 N–H and O–H groups in total. The molecule has 86 valence electrons. The Labute approximate surface area is 86.5 Å². The predicted octanol–water partition coefficient (Wildman–Crippen LogP) is -0.673. The molecule has 1 unspecified atom stereocenters. The first-order valence-electron chi connectivity index (χ1n) is 4.24. The molecule has 0 aromatic rings. The summed E-state index contributed by atoms with van der Waals surface area (Å²) in [7, 11) is -3.11. The van der Waals surface area contributed by atoms with E-state index >= 15 is 0 Å². The summed E-state index contributed by atoms with van der Waals surface area (Å²) in [6, 6.07) is 0. The van der Waals surface area contributed by atoms with Gasteiger partial charge in [0.1, 0.15) is 0 Å². The Morgan fingerprint density at radius 1 is 1.60 bits per heavy atom. The molecule has 0 bridgehead atoms. The summed E-state index contributed by atoms with van der Waals surface area (Å²) >= 11 is 0. The summed E-state index contributed by atoms with van der Waals surface area (Å²) in [4.78, 5) is 20.3. The van der Waals surface area contributed by atoms with Crippen molar-refractivity contribution < 1.29 is 24.0 Å². The quantitative estimate of drug-likeness (QED) is 0.543. The largest absolute Gasteiger partial charge is 0.481 e. The lowest BCUT2D eigenvalue weighted by Gasteiger charge is -2.18. The van der Waals surface area contributed by atoms with E-state index < -0.39 is 14.2 Å². The minimum absolute atomic E-state index is 0.0788. The number of hydroxylamine groups is 2. The first-order chi connectivity index (χ1) is 7.00. The van der Waals surface area contributed by atoms with Gasteiger partial charge in [0.15, 0.2) is 0 Å². The molecule has 1 atom stereocenters. The molecule has 1 saturated heterocycles. The van der Waals surface area contributed by atoms with Gasteiger partial charge < -0.3 is 14.9 Å². The Hall–Kier alpha value is -1.11. The monoisotopic (exact) mass is 237 g/mol. The number of carboxylic acid groups (broad SMARTS) is 1. The van der Waals surface area contributed by atoms with E-state index in [2.05, 4.69) is 4.62 Å². The van der Waals surface area contributed by atoms with Gasteiger partial charge in [0, 0.05) is 13.1 Å². The van der Waals surface area contributed by atoms with Gasteiger partial charge in [0.05, 0.1) is 13.0 Å². The van der Waals surface area contributed by atoms with Crippen LogP contribution >= 0.6 is 8.25 Å². The Kier molecular flexibility index (Phi) is 4.07. The van der Waals surface area contributed by atoms with Gasteiger partial charge in [-0.15, -0.1) is 0 Å². The van der Waals surface area contributed by atoms with E-state index in [1.807, 2.05) is 0 Å². The SMILES string of the molecule is N=C1N(CCC(=O)O)CCN1O[PH](=O)O. The van der Waals surface area contributed by atoms with Crippen molar-refractivity contribution in [3.63, 3.8) is 0 Å². The second-order valence-corrected chi connectivity index (χ2v) is 3.63. The second-order valence-electron chi connectivity index (χ2n) is 2.91. The van der Waals surface area contributed by atoms with E-state index in [1.54, 1.807) is 0 Å². The summed E-state index contributed by atoms with van der Waals surface area (Å²) in [6.45, 7) is 0.900. The lowest BCUT2D eigenvalue weighted by Crippen LogP contribution is -2.32. The average Bonchev–Trinajstić information content (AvgIpc) is 2.44. The Morgan fingerprint density at radius 2 is 2.27 bits per heavy atom. The maximum Gasteiger partial charge on any atom is 0.337 e. The van der Waals surface area contributed by atoms with Crippen LogP contribution in [0.15, 0.2) is 0 Å². The van der Waals surface area contributed by atoms with Crippen LogP contribution in [0.5, 0.6) is 0 Å². The molecule has 0 aromatic heterocycles. The standard InChI is InChI=1S/C6H12N3O5P/c7-6-8(2-1-5(10)11)3-4-9(6)14-15(12)13/h7,15H,1-4H2,(H,10,11)(H,12,13). The smallest absolute Gasteiger partial charge is 0.337 e. The van der Waals surface area contributed by atoms with Crippen molar-refractivity contribution in [2.75, 3.05) is 19.6 Å². The molecule has 1 heterocycles. The minimum Gasteiger partial charge on any atom is -0.481 e. The third-order valence-corrected chi connectivity index (χ3v) is 2.27. The molecule has 1 fully saturated rings. The molecule has 8 nitrogen and oxygen atoms in total. The molecule has 0 radical (unpaired) electrons. The van der Waals surface area contributed by atoms with E-state index in [4.69, 9.17) is 15.4 Å². The zero-order chi connectivity index (χ0) is 11.4. The van der Waals surface area contributed by atoms with Crippen LogP contribution in [0.4, 0.5) is 0 Å². The number of rotatable bonds is 5. The molecule has 0 saturated carbocycles. The van der Waals surface area contributed by atoms with Gasteiger partial charge in [-0.2, -0.15) is 4.62 Å². The number of nitrogens with one attached hydrogen (secondary N) is 1. The van der Waals surface area contributed by atoms with E-state index in [9.17, 15) is 9.36 Å². The van der Waals surface area contributed by atoms with E-state index in [0.717, 1.165) is 5.06 Å². The Bertz CT molecular complexity index is 296. The molecular formula is C6H12N3O5P. The van der Waals surface area contributed by atoms with Crippen molar-refractivity contribution >= 4 is 20.2 Å². The maximum absolute atomic E-state index is 10.4. The van der Waals surface area contributed by atoms with Gasteiger partial charge in [-0.1, -0.05) is 0 Å². The number of carbonyl (C=O) groups is 1. The summed E-state index contributed by atoms with van der Waals surface area (Å²) in [5.74, 6) is -1.03. The normalized spacial score (nSPS) is 18.3. The van der Waals surface area contributed by atoms with Gasteiger partial charge >= 0.3 is 14.2 Å². The fraction of sp³-hybridized carbons (Fsp3) is 0.667. The van der Waals surface area contributed by atoms with Crippen LogP contribution in [-0.4, -0.2) is 51.5 Å². The molecule has 15 heavy (non-hydrogen) atoms. The Morgan fingerprint density at radius 3 is 2.80 bits per heavy atom. The summed E-state index contributed by atoms with van der Waals surface area (Å²) in [6.07, 6.45) is -0.0788. The number of hydrogen-bond donors (Lipinski definition) is 3. The molecule has 1 aliphatic rings. The van der Waals surface area contributed by atoms with Crippen molar-refractivity contribution in [1.29, 1.82) is 5.41 Å². The maximum atomic E-state index is 10.4. The molecule has 0 spiro atoms. The molecular weight excluding hydrogens is 225 g/mol. The van der Waals surface area contributed by atoms with Crippen molar-refractivity contribution in [2.24, 2.45) is 0 Å². The summed E-state index contributed by atoms with van der Waals surface area (Å²) in [5.41, 5.74) is 0. The summed E-state index contributed by atoms with van der Waals surface area (Å²) < 4.78 is 14.9. The van der Waals surface area contributed by atoms with Crippen LogP contribution in [-0.2, 0) is 14.0 Å². The van der Waals surface area contributed by atoms with Gasteiger partial charge in [0.2, 0.25) is 5.96 Å². The zero-order valence-corrected chi connectivity index (χ0v) is 8.84. The van der Waals surface area contributed by atoms with E-state index in [1.165, 1.54) is 4.90 Å². The van der Waals surface area contributed by atoms with E-state index in [0.29, 0.717) is 6.54 Å². The van der Waals surface area contributed by atoms with Crippen molar-refractivity contribution in [3.05, 3.63) is 0 Å². The first kappa shape index (κ1) is 12.0. The van der Waals surface area contributed by atoms with Crippen LogP contribution in [0.3, 0.4) is 0 Å². The van der Waals surface area contributed by atoms with Crippen LogP contribution in [0.1, 0.15) is 6.42 Å². The highest BCUT2D eigenvalue weighted by molar-refractivity contribution is 7.32. The van der Waals surface area contributed by atoms with Gasteiger partial charge in [0.25, 0.3) is 0 Å².